The van der Waals surface area contributed by atoms with E-state index in [4.69, 9.17) is 10.5 Å². The van der Waals surface area contributed by atoms with E-state index in [1.807, 2.05) is 13.0 Å². The number of aromatic nitrogens is 2. The summed E-state index contributed by atoms with van der Waals surface area (Å²) < 4.78 is 5.15. The molecule has 0 fully saturated rings. The average Bonchev–Trinajstić information content (AvgIpc) is 2.76. The molecule has 0 bridgehead atoms. The van der Waals surface area contributed by atoms with Crippen LogP contribution in [-0.2, 0) is 0 Å². The lowest BCUT2D eigenvalue weighted by molar-refractivity contribution is 0.102. The maximum atomic E-state index is 11.8. The van der Waals surface area contributed by atoms with Gasteiger partial charge in [-0.15, -0.1) is 0 Å². The van der Waals surface area contributed by atoms with E-state index in [9.17, 15) is 4.79 Å². The second-order valence-electron chi connectivity index (χ2n) is 3.85. The van der Waals surface area contributed by atoms with Crippen LogP contribution in [0.15, 0.2) is 24.3 Å². The molecule has 6 nitrogen and oxygen atoms in total. The van der Waals surface area contributed by atoms with Crippen molar-refractivity contribution in [1.29, 1.82) is 0 Å². The Balaban J connectivity index is 2.14. The van der Waals surface area contributed by atoms with Gasteiger partial charge in [-0.05, 0) is 30.7 Å². The first-order valence-corrected chi connectivity index (χ1v) is 5.37. The largest absolute Gasteiger partial charge is 0.496 e. The van der Waals surface area contributed by atoms with Crippen LogP contribution in [0.1, 0.15) is 16.1 Å². The van der Waals surface area contributed by atoms with E-state index in [2.05, 4.69) is 15.5 Å². The maximum Gasteiger partial charge on any atom is 0.273 e. The summed E-state index contributed by atoms with van der Waals surface area (Å²) >= 11 is 0. The van der Waals surface area contributed by atoms with Gasteiger partial charge in [0.2, 0.25) is 0 Å². The highest BCUT2D eigenvalue weighted by Gasteiger charge is 2.09. The fourth-order valence-corrected chi connectivity index (χ4v) is 1.61. The number of carbonyl (C=O) groups is 1. The molecule has 18 heavy (non-hydrogen) atoms. The van der Waals surface area contributed by atoms with Crippen molar-refractivity contribution in [1.82, 2.24) is 10.2 Å². The Bertz CT molecular complexity index is 577. The number of nitrogens with two attached hydrogens (primary N) is 1. The zero-order valence-electron chi connectivity index (χ0n) is 10.2. The SMILES string of the molecule is COc1ccc(NC(=O)c2cc(N)n[nH]2)cc1C. The normalized spacial score (nSPS) is 10.1. The van der Waals surface area contributed by atoms with E-state index in [0.717, 1.165) is 11.3 Å². The van der Waals surface area contributed by atoms with Crippen LogP contribution in [0.25, 0.3) is 0 Å². The van der Waals surface area contributed by atoms with E-state index in [-0.39, 0.29) is 11.7 Å². The molecule has 0 aliphatic heterocycles. The molecule has 1 amide bonds. The van der Waals surface area contributed by atoms with Gasteiger partial charge in [-0.25, -0.2) is 0 Å². The van der Waals surface area contributed by atoms with Gasteiger partial charge in [-0.2, -0.15) is 5.10 Å². The highest BCUT2D eigenvalue weighted by atomic mass is 16.5. The molecule has 0 atom stereocenters. The third-order valence-corrected chi connectivity index (χ3v) is 2.50. The van der Waals surface area contributed by atoms with Crippen LogP contribution in [0.2, 0.25) is 0 Å². The lowest BCUT2D eigenvalue weighted by Gasteiger charge is -2.08. The van der Waals surface area contributed by atoms with Gasteiger partial charge in [-0.3, -0.25) is 9.89 Å². The monoisotopic (exact) mass is 246 g/mol. The van der Waals surface area contributed by atoms with Crippen LogP contribution in [0, 0.1) is 6.92 Å². The second kappa shape index (κ2) is 4.79. The average molecular weight is 246 g/mol. The molecule has 1 aromatic carbocycles. The van der Waals surface area contributed by atoms with Crippen LogP contribution in [0.3, 0.4) is 0 Å². The standard InChI is InChI=1S/C12H14N4O2/c1-7-5-8(3-4-10(7)18-2)14-12(17)9-6-11(13)16-15-9/h3-6H,1-2H3,(H,14,17)(H3,13,15,16). The van der Waals surface area contributed by atoms with Crippen molar-refractivity contribution >= 4 is 17.4 Å². The first-order chi connectivity index (χ1) is 8.60. The van der Waals surface area contributed by atoms with Gasteiger partial charge in [-0.1, -0.05) is 0 Å². The van der Waals surface area contributed by atoms with Crippen molar-refractivity contribution in [3.8, 4) is 5.75 Å². The third-order valence-electron chi connectivity index (χ3n) is 2.50. The topological polar surface area (TPSA) is 93.0 Å². The minimum absolute atomic E-state index is 0.283. The van der Waals surface area contributed by atoms with E-state index in [0.29, 0.717) is 11.4 Å². The summed E-state index contributed by atoms with van der Waals surface area (Å²) in [6, 6.07) is 6.87. The van der Waals surface area contributed by atoms with Gasteiger partial charge in [0.05, 0.1) is 7.11 Å². The number of ether oxygens (including phenoxy) is 1. The Hall–Kier alpha value is -2.50. The number of rotatable bonds is 3. The summed E-state index contributed by atoms with van der Waals surface area (Å²) in [5.74, 6) is 0.772. The maximum absolute atomic E-state index is 11.8. The van der Waals surface area contributed by atoms with Crippen LogP contribution < -0.4 is 15.8 Å². The van der Waals surface area contributed by atoms with Crippen molar-refractivity contribution < 1.29 is 9.53 Å². The number of hydrogen-bond acceptors (Lipinski definition) is 4. The zero-order chi connectivity index (χ0) is 13.1. The van der Waals surface area contributed by atoms with Crippen molar-refractivity contribution in [2.75, 3.05) is 18.2 Å². The number of aromatic amines is 1. The number of aryl methyl sites for hydroxylation is 1. The highest BCUT2D eigenvalue weighted by molar-refractivity contribution is 6.03. The fraction of sp³-hybridized carbons (Fsp3) is 0.167. The fourth-order valence-electron chi connectivity index (χ4n) is 1.61. The van der Waals surface area contributed by atoms with Crippen LogP contribution in [0.5, 0.6) is 5.75 Å². The van der Waals surface area contributed by atoms with E-state index in [1.165, 1.54) is 6.07 Å². The molecule has 0 spiro atoms. The second-order valence-corrected chi connectivity index (χ2v) is 3.85. The summed E-state index contributed by atoms with van der Waals surface area (Å²) in [4.78, 5) is 11.8. The molecular formula is C12H14N4O2. The first-order valence-electron chi connectivity index (χ1n) is 5.37. The molecule has 0 aliphatic carbocycles. The number of H-pyrrole nitrogens is 1. The molecule has 2 aromatic rings. The number of carbonyl (C=O) groups excluding carboxylic acids is 1. The molecule has 6 heteroatoms. The molecule has 4 N–H and O–H groups in total. The molecule has 0 radical (unpaired) electrons. The zero-order valence-corrected chi connectivity index (χ0v) is 10.2. The van der Waals surface area contributed by atoms with Crippen LogP contribution in [0.4, 0.5) is 11.5 Å². The van der Waals surface area contributed by atoms with Crippen molar-refractivity contribution in [3.05, 3.63) is 35.5 Å². The Morgan fingerprint density at radius 1 is 1.44 bits per heavy atom. The van der Waals surface area contributed by atoms with Crippen LogP contribution in [-0.4, -0.2) is 23.2 Å². The predicted molar refractivity (Wildman–Crippen MR) is 68.7 cm³/mol. The summed E-state index contributed by atoms with van der Waals surface area (Å²) in [6.07, 6.45) is 0. The lowest BCUT2D eigenvalue weighted by Crippen LogP contribution is -2.12. The lowest BCUT2D eigenvalue weighted by atomic mass is 10.2. The molecule has 2 rings (SSSR count). The van der Waals surface area contributed by atoms with Crippen molar-refractivity contribution in [2.45, 2.75) is 6.92 Å². The smallest absolute Gasteiger partial charge is 0.273 e. The number of nitrogens with zero attached hydrogens (tertiary/aromatic N) is 1. The molecule has 1 aromatic heterocycles. The minimum atomic E-state index is -0.288. The molecule has 0 saturated heterocycles. The molecule has 94 valence electrons. The van der Waals surface area contributed by atoms with E-state index < -0.39 is 0 Å². The molecular weight excluding hydrogens is 232 g/mol. The Morgan fingerprint density at radius 2 is 2.22 bits per heavy atom. The molecule has 1 heterocycles. The van der Waals surface area contributed by atoms with Gasteiger partial charge in [0, 0.05) is 11.8 Å². The van der Waals surface area contributed by atoms with Gasteiger partial charge in [0.15, 0.2) is 0 Å². The van der Waals surface area contributed by atoms with Gasteiger partial charge < -0.3 is 15.8 Å². The van der Waals surface area contributed by atoms with Gasteiger partial charge in [0.1, 0.15) is 17.3 Å². The number of nitrogens with one attached hydrogen (secondary N) is 2. The number of benzene rings is 1. The first kappa shape index (κ1) is 12.0. The minimum Gasteiger partial charge on any atom is -0.496 e. The molecule has 0 unspecified atom stereocenters. The molecule has 0 saturated carbocycles. The number of amides is 1. The van der Waals surface area contributed by atoms with Crippen LogP contribution >= 0.6 is 0 Å². The summed E-state index contributed by atoms with van der Waals surface area (Å²) in [6.45, 7) is 1.91. The summed E-state index contributed by atoms with van der Waals surface area (Å²) in [5.41, 5.74) is 7.38. The summed E-state index contributed by atoms with van der Waals surface area (Å²) in [7, 11) is 1.61. The Labute approximate surface area is 104 Å². The van der Waals surface area contributed by atoms with E-state index in [1.54, 1.807) is 19.2 Å². The number of nitrogen functional groups attached to an aromatic ring is 1. The number of hydrogen-bond donors (Lipinski definition) is 3. The number of anilines is 2. The van der Waals surface area contributed by atoms with Crippen molar-refractivity contribution in [2.24, 2.45) is 0 Å². The number of methoxy groups -OCH3 is 1. The van der Waals surface area contributed by atoms with Crippen molar-refractivity contribution in [3.63, 3.8) is 0 Å². The van der Waals surface area contributed by atoms with Gasteiger partial charge >= 0.3 is 0 Å². The van der Waals surface area contributed by atoms with Gasteiger partial charge in [0.25, 0.3) is 5.91 Å². The quantitative estimate of drug-likeness (QED) is 0.766. The highest BCUT2D eigenvalue weighted by Crippen LogP contribution is 2.21. The Kier molecular flexibility index (Phi) is 3.18. The van der Waals surface area contributed by atoms with E-state index >= 15 is 0 Å². The summed E-state index contributed by atoms with van der Waals surface area (Å²) in [5, 5.41) is 8.99. The third kappa shape index (κ3) is 2.42. The Morgan fingerprint density at radius 3 is 2.78 bits per heavy atom. The molecule has 0 aliphatic rings. The predicted octanol–water partition coefficient (Wildman–Crippen LogP) is 1.56.